The maximum Gasteiger partial charge on any atom is 0.381 e. The Hall–Kier alpha value is -2.22. The lowest BCUT2D eigenvalue weighted by Crippen LogP contribution is -2.45. The minimum atomic E-state index is -1.98. The van der Waals surface area contributed by atoms with Crippen molar-refractivity contribution in [2.24, 2.45) is 0 Å². The topological polar surface area (TPSA) is 113 Å². The van der Waals surface area contributed by atoms with Crippen LogP contribution in [0.4, 0.5) is 0 Å². The summed E-state index contributed by atoms with van der Waals surface area (Å²) in [5.74, 6) is -3.43. The molecule has 0 aromatic rings. The summed E-state index contributed by atoms with van der Waals surface area (Å²) in [5, 5.41) is 11.4. The third-order valence-corrected chi connectivity index (χ3v) is 2.07. The van der Waals surface area contributed by atoms with Crippen LogP contribution in [0.2, 0.25) is 0 Å². The molecule has 1 aliphatic heterocycles. The Morgan fingerprint density at radius 1 is 1.39 bits per heavy atom. The molecule has 0 radical (unpaired) electrons. The first-order chi connectivity index (χ1) is 8.32. The molecule has 8 nitrogen and oxygen atoms in total. The summed E-state index contributed by atoms with van der Waals surface area (Å²) in [6.07, 6.45) is -2.09. The molecule has 1 heterocycles. The maximum atomic E-state index is 11.3. The van der Waals surface area contributed by atoms with E-state index in [1.807, 2.05) is 5.32 Å². The quantitative estimate of drug-likeness (QED) is 0.363. The number of rotatable bonds is 4. The Morgan fingerprint density at radius 3 is 2.33 bits per heavy atom. The molecule has 0 spiro atoms. The number of imide groups is 1. The second-order valence-corrected chi connectivity index (χ2v) is 3.65. The molecule has 0 aromatic heterocycles. The molecule has 1 rings (SSSR count). The SMILES string of the molecule is C=C(C)C(=O)NC(O)C(=O)ON1C(=O)CCC1=O. The molecular weight excluding hydrogens is 244 g/mol. The number of aliphatic hydroxyl groups excluding tert-OH is 1. The van der Waals surface area contributed by atoms with Gasteiger partial charge in [0.15, 0.2) is 0 Å². The van der Waals surface area contributed by atoms with Gasteiger partial charge in [-0.1, -0.05) is 6.58 Å². The van der Waals surface area contributed by atoms with E-state index >= 15 is 0 Å². The van der Waals surface area contributed by atoms with Crippen LogP contribution >= 0.6 is 0 Å². The van der Waals surface area contributed by atoms with Gasteiger partial charge in [-0.3, -0.25) is 14.4 Å². The van der Waals surface area contributed by atoms with Crippen molar-refractivity contribution in [3.63, 3.8) is 0 Å². The van der Waals surface area contributed by atoms with Gasteiger partial charge >= 0.3 is 5.97 Å². The average Bonchev–Trinajstić information content (AvgIpc) is 2.60. The van der Waals surface area contributed by atoms with E-state index in [1.165, 1.54) is 6.92 Å². The predicted molar refractivity (Wildman–Crippen MR) is 56.1 cm³/mol. The highest BCUT2D eigenvalue weighted by Gasteiger charge is 2.34. The van der Waals surface area contributed by atoms with Crippen molar-refractivity contribution in [2.75, 3.05) is 0 Å². The molecule has 8 heteroatoms. The van der Waals surface area contributed by atoms with Crippen LogP contribution < -0.4 is 5.32 Å². The molecule has 3 amide bonds. The fourth-order valence-corrected chi connectivity index (χ4v) is 1.10. The lowest BCUT2D eigenvalue weighted by Gasteiger charge is -2.16. The fraction of sp³-hybridized carbons (Fsp3) is 0.400. The molecule has 1 aliphatic rings. The third-order valence-electron chi connectivity index (χ3n) is 2.07. The van der Waals surface area contributed by atoms with E-state index in [-0.39, 0.29) is 23.5 Å². The Balaban J connectivity index is 2.55. The van der Waals surface area contributed by atoms with Crippen LogP contribution in [-0.4, -0.2) is 40.1 Å². The number of nitrogens with zero attached hydrogens (tertiary/aromatic N) is 1. The van der Waals surface area contributed by atoms with Gasteiger partial charge in [-0.05, 0) is 6.92 Å². The van der Waals surface area contributed by atoms with Crippen LogP contribution in [0.3, 0.4) is 0 Å². The normalized spacial score (nSPS) is 16.4. The number of nitrogens with one attached hydrogen (secondary N) is 1. The summed E-state index contributed by atoms with van der Waals surface area (Å²) in [6.45, 7) is 4.68. The Bertz CT molecular complexity index is 414. The van der Waals surface area contributed by atoms with E-state index in [2.05, 4.69) is 11.4 Å². The summed E-state index contributed by atoms with van der Waals surface area (Å²) in [4.78, 5) is 49.0. The highest BCUT2D eigenvalue weighted by Crippen LogP contribution is 2.12. The van der Waals surface area contributed by atoms with Gasteiger partial charge in [-0.25, -0.2) is 4.79 Å². The average molecular weight is 256 g/mol. The molecule has 1 fully saturated rings. The molecule has 0 saturated carbocycles. The summed E-state index contributed by atoms with van der Waals surface area (Å²) < 4.78 is 0. The monoisotopic (exact) mass is 256 g/mol. The highest BCUT2D eigenvalue weighted by atomic mass is 16.7. The molecule has 2 N–H and O–H groups in total. The molecule has 98 valence electrons. The van der Waals surface area contributed by atoms with Crippen LogP contribution in [0.25, 0.3) is 0 Å². The van der Waals surface area contributed by atoms with Gasteiger partial charge in [0, 0.05) is 18.4 Å². The molecule has 1 unspecified atom stereocenters. The molecule has 0 aliphatic carbocycles. The van der Waals surface area contributed by atoms with Crippen molar-refractivity contribution in [1.82, 2.24) is 10.4 Å². The van der Waals surface area contributed by atoms with Crippen LogP contribution in [0, 0.1) is 0 Å². The smallest absolute Gasteiger partial charge is 0.364 e. The first-order valence-electron chi connectivity index (χ1n) is 5.05. The molecule has 18 heavy (non-hydrogen) atoms. The summed E-state index contributed by atoms with van der Waals surface area (Å²) >= 11 is 0. The van der Waals surface area contributed by atoms with E-state index in [4.69, 9.17) is 0 Å². The van der Waals surface area contributed by atoms with E-state index < -0.39 is 29.9 Å². The largest absolute Gasteiger partial charge is 0.381 e. The second kappa shape index (κ2) is 5.41. The molecule has 1 saturated heterocycles. The molecular formula is C10H12N2O6. The molecule has 0 bridgehead atoms. The number of amides is 3. The summed E-state index contributed by atoms with van der Waals surface area (Å²) in [7, 11) is 0. The van der Waals surface area contributed by atoms with Gasteiger partial charge in [-0.2, -0.15) is 0 Å². The van der Waals surface area contributed by atoms with E-state index in [9.17, 15) is 24.3 Å². The lowest BCUT2D eigenvalue weighted by molar-refractivity contribution is -0.204. The van der Waals surface area contributed by atoms with Crippen LogP contribution in [0.5, 0.6) is 0 Å². The summed E-state index contributed by atoms with van der Waals surface area (Å²) in [5.41, 5.74) is 0.0789. The van der Waals surface area contributed by atoms with Crippen molar-refractivity contribution in [3.8, 4) is 0 Å². The van der Waals surface area contributed by atoms with Gasteiger partial charge in [-0.15, -0.1) is 5.06 Å². The highest BCUT2D eigenvalue weighted by molar-refractivity contribution is 6.02. The summed E-state index contributed by atoms with van der Waals surface area (Å²) in [6, 6.07) is 0. The van der Waals surface area contributed by atoms with E-state index in [1.54, 1.807) is 0 Å². The first-order valence-corrected chi connectivity index (χ1v) is 5.05. The minimum Gasteiger partial charge on any atom is -0.364 e. The van der Waals surface area contributed by atoms with Crippen molar-refractivity contribution in [3.05, 3.63) is 12.2 Å². The maximum absolute atomic E-state index is 11.3. The zero-order valence-electron chi connectivity index (χ0n) is 9.63. The predicted octanol–water partition coefficient (Wildman–Crippen LogP) is -1.40. The first kappa shape index (κ1) is 13.8. The minimum absolute atomic E-state index is 0.0552. The van der Waals surface area contributed by atoms with Crippen molar-refractivity contribution in [1.29, 1.82) is 0 Å². The van der Waals surface area contributed by atoms with E-state index in [0.29, 0.717) is 0 Å². The van der Waals surface area contributed by atoms with Crippen LogP contribution in [-0.2, 0) is 24.0 Å². The molecule has 1 atom stereocenters. The number of carbonyl (C=O) groups excluding carboxylic acids is 4. The number of hydroxylamine groups is 2. The van der Waals surface area contributed by atoms with Crippen molar-refractivity contribution in [2.45, 2.75) is 26.0 Å². The second-order valence-electron chi connectivity index (χ2n) is 3.65. The third kappa shape index (κ3) is 3.14. The van der Waals surface area contributed by atoms with E-state index in [0.717, 1.165) is 0 Å². The van der Waals surface area contributed by atoms with Crippen LogP contribution in [0.15, 0.2) is 12.2 Å². The Labute approximate surface area is 102 Å². The number of aliphatic hydroxyl groups is 1. The number of carbonyl (C=O) groups is 4. The van der Waals surface area contributed by atoms with Crippen molar-refractivity contribution >= 4 is 23.7 Å². The zero-order valence-corrected chi connectivity index (χ0v) is 9.63. The fourth-order valence-electron chi connectivity index (χ4n) is 1.10. The number of hydrogen-bond acceptors (Lipinski definition) is 6. The molecule has 0 aromatic carbocycles. The number of hydrogen-bond donors (Lipinski definition) is 2. The van der Waals surface area contributed by atoms with Gasteiger partial charge in [0.25, 0.3) is 11.8 Å². The standard InChI is InChI=1S/C10H12N2O6/c1-5(2)8(15)11-9(16)10(17)18-12-6(13)3-4-7(12)14/h9,16H,1,3-4H2,2H3,(H,11,15). The zero-order chi connectivity index (χ0) is 13.9. The lowest BCUT2D eigenvalue weighted by atomic mass is 10.3. The van der Waals surface area contributed by atoms with Gasteiger partial charge in [0.05, 0.1) is 0 Å². The van der Waals surface area contributed by atoms with Gasteiger partial charge in [0.2, 0.25) is 12.1 Å². The Kier molecular flexibility index (Phi) is 4.16. The Morgan fingerprint density at radius 2 is 1.89 bits per heavy atom. The van der Waals surface area contributed by atoms with Crippen molar-refractivity contribution < 1.29 is 29.1 Å². The van der Waals surface area contributed by atoms with Gasteiger partial charge in [0.1, 0.15) is 0 Å². The van der Waals surface area contributed by atoms with Crippen LogP contribution in [0.1, 0.15) is 19.8 Å². The van der Waals surface area contributed by atoms with Gasteiger partial charge < -0.3 is 15.3 Å².